The lowest BCUT2D eigenvalue weighted by molar-refractivity contribution is 0.0795. The van der Waals surface area contributed by atoms with Crippen molar-refractivity contribution in [2.45, 2.75) is 45.3 Å². The first-order chi connectivity index (χ1) is 12.2. The van der Waals surface area contributed by atoms with Gasteiger partial charge in [-0.1, -0.05) is 0 Å². The number of thiazole rings is 1. The first kappa shape index (κ1) is 18.4. The maximum absolute atomic E-state index is 12.6. The molecule has 0 aromatic carbocycles. The molecule has 3 heterocycles. The van der Waals surface area contributed by atoms with Crippen molar-refractivity contribution < 1.29 is 9.53 Å². The summed E-state index contributed by atoms with van der Waals surface area (Å²) < 4.78 is 5.71. The van der Waals surface area contributed by atoms with Gasteiger partial charge in [0.1, 0.15) is 0 Å². The highest BCUT2D eigenvalue weighted by atomic mass is 32.1. The monoisotopic (exact) mass is 379 g/mol. The molecule has 0 spiro atoms. The van der Waals surface area contributed by atoms with Crippen molar-refractivity contribution in [1.29, 1.82) is 0 Å². The van der Waals surface area contributed by atoms with E-state index in [4.69, 9.17) is 4.74 Å². The molecule has 0 bridgehead atoms. The number of hydrogen-bond acceptors (Lipinski definition) is 5. The molecule has 1 saturated heterocycles. The van der Waals surface area contributed by atoms with Crippen LogP contribution < -0.4 is 5.32 Å². The van der Waals surface area contributed by atoms with E-state index in [1.165, 1.54) is 5.56 Å². The number of hydrogen-bond donors (Lipinski definition) is 1. The van der Waals surface area contributed by atoms with Crippen molar-refractivity contribution in [3.8, 4) is 0 Å². The molecular weight excluding hydrogens is 354 g/mol. The van der Waals surface area contributed by atoms with E-state index in [2.05, 4.69) is 27.1 Å². The van der Waals surface area contributed by atoms with Gasteiger partial charge in [0.2, 0.25) is 0 Å². The Morgan fingerprint density at radius 2 is 2.40 bits per heavy atom. The van der Waals surface area contributed by atoms with Crippen LogP contribution in [0.15, 0.2) is 22.2 Å². The lowest BCUT2D eigenvalue weighted by Gasteiger charge is -2.25. The van der Waals surface area contributed by atoms with Crippen LogP contribution in [0.25, 0.3) is 0 Å². The molecule has 0 aliphatic carbocycles. The minimum atomic E-state index is -0.00276. The van der Waals surface area contributed by atoms with Gasteiger partial charge in [0.15, 0.2) is 0 Å². The van der Waals surface area contributed by atoms with E-state index in [0.29, 0.717) is 19.6 Å². The molecular formula is C18H25N3O2S2. The largest absolute Gasteiger partial charge is 0.376 e. The number of rotatable bonds is 8. The molecule has 2 aromatic heterocycles. The Bertz CT molecular complexity index is 651. The maximum Gasteiger partial charge on any atom is 0.317 e. The zero-order chi connectivity index (χ0) is 17.5. The van der Waals surface area contributed by atoms with Crippen LogP contribution in [0.5, 0.6) is 0 Å². The number of thiophene rings is 1. The van der Waals surface area contributed by atoms with Gasteiger partial charge < -0.3 is 15.0 Å². The summed E-state index contributed by atoms with van der Waals surface area (Å²) in [5.74, 6) is 0. The van der Waals surface area contributed by atoms with Crippen LogP contribution in [-0.2, 0) is 17.7 Å². The van der Waals surface area contributed by atoms with Crippen molar-refractivity contribution in [2.24, 2.45) is 0 Å². The number of carbonyl (C=O) groups is 1. The lowest BCUT2D eigenvalue weighted by Crippen LogP contribution is -2.43. The molecule has 1 aliphatic heterocycles. The Hall–Kier alpha value is -1.44. The number of aromatic nitrogens is 1. The molecule has 5 nitrogen and oxygen atoms in total. The van der Waals surface area contributed by atoms with Crippen LogP contribution in [0.1, 0.15) is 35.5 Å². The van der Waals surface area contributed by atoms with Crippen LogP contribution in [0, 0.1) is 6.92 Å². The molecule has 25 heavy (non-hydrogen) atoms. The van der Waals surface area contributed by atoms with E-state index >= 15 is 0 Å². The third-order valence-corrected chi connectivity index (χ3v) is 5.96. The van der Waals surface area contributed by atoms with Gasteiger partial charge in [0, 0.05) is 43.7 Å². The standard InChI is InChI=1S/C18H25N3O2S2/c1-14-12-25-17(20-14)5-2-7-19-18(22)21(10-15-6-9-24-13-15)11-16-4-3-8-23-16/h6,9,12-13,16H,2-5,7-8,10-11H2,1H3,(H,19,22). The molecule has 2 amide bonds. The Kier molecular flexibility index (Phi) is 6.84. The Morgan fingerprint density at radius 1 is 1.48 bits per heavy atom. The molecule has 1 fully saturated rings. The van der Waals surface area contributed by atoms with Gasteiger partial charge in [0.05, 0.1) is 11.1 Å². The summed E-state index contributed by atoms with van der Waals surface area (Å²) in [7, 11) is 0. The summed E-state index contributed by atoms with van der Waals surface area (Å²) in [5, 5.41) is 10.4. The second-order valence-corrected chi connectivity index (χ2v) is 8.09. The van der Waals surface area contributed by atoms with Gasteiger partial charge in [-0.2, -0.15) is 11.3 Å². The highest BCUT2D eigenvalue weighted by molar-refractivity contribution is 7.09. The number of amides is 2. The van der Waals surface area contributed by atoms with E-state index in [0.717, 1.165) is 43.0 Å². The predicted molar refractivity (Wildman–Crippen MR) is 102 cm³/mol. The van der Waals surface area contributed by atoms with E-state index in [1.54, 1.807) is 22.7 Å². The number of aryl methyl sites for hydroxylation is 2. The topological polar surface area (TPSA) is 54.5 Å². The highest BCUT2D eigenvalue weighted by Crippen LogP contribution is 2.16. The molecule has 2 aromatic rings. The first-order valence-corrected chi connectivity index (χ1v) is 10.6. The Morgan fingerprint density at radius 3 is 3.08 bits per heavy atom. The summed E-state index contributed by atoms with van der Waals surface area (Å²) in [5.41, 5.74) is 2.25. The molecule has 1 N–H and O–H groups in total. The maximum atomic E-state index is 12.6. The minimum absolute atomic E-state index is 0.00276. The van der Waals surface area contributed by atoms with Gasteiger partial charge >= 0.3 is 6.03 Å². The summed E-state index contributed by atoms with van der Waals surface area (Å²) >= 11 is 3.35. The van der Waals surface area contributed by atoms with Crippen LogP contribution in [0.4, 0.5) is 4.79 Å². The van der Waals surface area contributed by atoms with Gasteiger partial charge in [-0.3, -0.25) is 0 Å². The van der Waals surface area contributed by atoms with E-state index < -0.39 is 0 Å². The van der Waals surface area contributed by atoms with Crippen molar-refractivity contribution in [1.82, 2.24) is 15.2 Å². The highest BCUT2D eigenvalue weighted by Gasteiger charge is 2.22. The third-order valence-electron chi connectivity index (χ3n) is 4.20. The zero-order valence-electron chi connectivity index (χ0n) is 14.6. The quantitative estimate of drug-likeness (QED) is 0.709. The first-order valence-electron chi connectivity index (χ1n) is 8.77. The zero-order valence-corrected chi connectivity index (χ0v) is 16.2. The van der Waals surface area contributed by atoms with Crippen molar-refractivity contribution >= 4 is 28.7 Å². The van der Waals surface area contributed by atoms with Gasteiger partial charge in [0.25, 0.3) is 0 Å². The molecule has 1 aliphatic rings. The molecule has 136 valence electrons. The van der Waals surface area contributed by atoms with Gasteiger partial charge in [-0.05, 0) is 48.6 Å². The normalized spacial score (nSPS) is 16.9. The van der Waals surface area contributed by atoms with Crippen LogP contribution in [-0.4, -0.2) is 41.7 Å². The van der Waals surface area contributed by atoms with Crippen LogP contribution >= 0.6 is 22.7 Å². The molecule has 0 saturated carbocycles. The fraction of sp³-hybridized carbons (Fsp3) is 0.556. The average molecular weight is 380 g/mol. The number of ether oxygens (including phenoxy) is 1. The fourth-order valence-electron chi connectivity index (χ4n) is 2.92. The molecule has 0 radical (unpaired) electrons. The number of carbonyl (C=O) groups excluding carboxylic acids is 1. The smallest absolute Gasteiger partial charge is 0.317 e. The van der Waals surface area contributed by atoms with Crippen molar-refractivity contribution in [2.75, 3.05) is 19.7 Å². The number of nitrogens with zero attached hydrogens (tertiary/aromatic N) is 2. The van der Waals surface area contributed by atoms with Crippen LogP contribution in [0.3, 0.4) is 0 Å². The SMILES string of the molecule is Cc1csc(CCCNC(=O)N(Cc2ccsc2)CC2CCCO2)n1. The predicted octanol–water partition coefficient (Wildman–Crippen LogP) is 3.84. The lowest BCUT2D eigenvalue weighted by atomic mass is 10.2. The van der Waals surface area contributed by atoms with Crippen LogP contribution in [0.2, 0.25) is 0 Å². The van der Waals surface area contributed by atoms with E-state index in [9.17, 15) is 4.79 Å². The molecule has 3 rings (SSSR count). The number of nitrogens with one attached hydrogen (secondary N) is 1. The molecule has 1 atom stereocenters. The summed E-state index contributed by atoms with van der Waals surface area (Å²) in [4.78, 5) is 19.0. The Balaban J connectivity index is 1.47. The second-order valence-electron chi connectivity index (χ2n) is 6.37. The van der Waals surface area contributed by atoms with Gasteiger partial charge in [-0.15, -0.1) is 11.3 Å². The van der Waals surface area contributed by atoms with Crippen molar-refractivity contribution in [3.05, 3.63) is 38.5 Å². The molecule has 1 unspecified atom stereocenters. The van der Waals surface area contributed by atoms with Gasteiger partial charge in [-0.25, -0.2) is 9.78 Å². The van der Waals surface area contributed by atoms with E-state index in [1.807, 2.05) is 17.2 Å². The Labute approximate surface area is 157 Å². The second kappa shape index (κ2) is 9.31. The minimum Gasteiger partial charge on any atom is -0.376 e. The van der Waals surface area contributed by atoms with Crippen molar-refractivity contribution in [3.63, 3.8) is 0 Å². The number of urea groups is 1. The summed E-state index contributed by atoms with van der Waals surface area (Å²) in [6.45, 7) is 4.79. The fourth-order valence-corrected chi connectivity index (χ4v) is 4.40. The average Bonchev–Trinajstić information content (AvgIpc) is 3.34. The third kappa shape index (κ3) is 5.80. The molecule has 7 heteroatoms. The summed E-state index contributed by atoms with van der Waals surface area (Å²) in [6.07, 6.45) is 4.12. The van der Waals surface area contributed by atoms with E-state index in [-0.39, 0.29) is 12.1 Å². The summed E-state index contributed by atoms with van der Waals surface area (Å²) in [6, 6.07) is 2.07.